The first kappa shape index (κ1) is 11.4. The van der Waals surface area contributed by atoms with E-state index in [4.69, 9.17) is 5.11 Å². The number of carboxylic acids is 1. The van der Waals surface area contributed by atoms with Gasteiger partial charge in [-0.3, -0.25) is 9.78 Å². The third kappa shape index (κ3) is 2.64. The average molecular weight is 220 g/mol. The highest BCUT2D eigenvalue weighted by molar-refractivity contribution is 5.74. The van der Waals surface area contributed by atoms with E-state index in [9.17, 15) is 18.0 Å². The third-order valence-corrected chi connectivity index (χ3v) is 1.78. The van der Waals surface area contributed by atoms with Crippen LogP contribution in [0.15, 0.2) is 12.4 Å². The maximum atomic E-state index is 12.1. The summed E-state index contributed by atoms with van der Waals surface area (Å²) < 4.78 is 36.2. The molecule has 0 spiro atoms. The highest BCUT2D eigenvalue weighted by Crippen LogP contribution is 2.27. The molecule has 0 aliphatic carbocycles. The standard InChI is InChI=1S/C8H7F3N2O2/c1-4(7(14)15)5-2-13-6(3-12-5)8(9,10)11/h2-4H,1H3,(H,14,15). The molecule has 0 aromatic carbocycles. The van der Waals surface area contributed by atoms with Crippen molar-refractivity contribution < 1.29 is 23.1 Å². The molecule has 1 heterocycles. The first-order valence-corrected chi connectivity index (χ1v) is 3.94. The Balaban J connectivity index is 2.95. The van der Waals surface area contributed by atoms with Gasteiger partial charge in [0.15, 0.2) is 5.69 Å². The molecule has 1 aromatic heterocycles. The normalized spacial score (nSPS) is 13.6. The third-order valence-electron chi connectivity index (χ3n) is 1.78. The van der Waals surface area contributed by atoms with E-state index in [2.05, 4.69) is 9.97 Å². The molecule has 1 aromatic rings. The average Bonchev–Trinajstić information content (AvgIpc) is 2.15. The molecule has 1 unspecified atom stereocenters. The van der Waals surface area contributed by atoms with Gasteiger partial charge in [0.1, 0.15) is 0 Å². The lowest BCUT2D eigenvalue weighted by Gasteiger charge is -2.07. The first-order valence-electron chi connectivity index (χ1n) is 3.94. The van der Waals surface area contributed by atoms with Crippen molar-refractivity contribution in [1.82, 2.24) is 9.97 Å². The topological polar surface area (TPSA) is 63.1 Å². The van der Waals surface area contributed by atoms with Crippen LogP contribution in [-0.4, -0.2) is 21.0 Å². The van der Waals surface area contributed by atoms with Gasteiger partial charge in [-0.15, -0.1) is 0 Å². The van der Waals surface area contributed by atoms with Crippen molar-refractivity contribution in [2.45, 2.75) is 19.0 Å². The zero-order chi connectivity index (χ0) is 11.6. The molecule has 0 aliphatic rings. The number of nitrogens with zero attached hydrogens (tertiary/aromatic N) is 2. The minimum Gasteiger partial charge on any atom is -0.481 e. The molecule has 0 fully saturated rings. The van der Waals surface area contributed by atoms with Crippen molar-refractivity contribution >= 4 is 5.97 Å². The van der Waals surface area contributed by atoms with E-state index in [0.717, 1.165) is 6.20 Å². The molecule has 0 saturated carbocycles. The quantitative estimate of drug-likeness (QED) is 0.823. The van der Waals surface area contributed by atoms with Crippen molar-refractivity contribution in [1.29, 1.82) is 0 Å². The zero-order valence-electron chi connectivity index (χ0n) is 7.62. The molecular formula is C8H7F3N2O2. The molecule has 0 saturated heterocycles. The van der Waals surface area contributed by atoms with Crippen LogP contribution in [0.1, 0.15) is 24.2 Å². The fraction of sp³-hybridized carbons (Fsp3) is 0.375. The number of aliphatic carboxylic acids is 1. The molecule has 0 aliphatic heterocycles. The summed E-state index contributed by atoms with van der Waals surface area (Å²) in [6.45, 7) is 1.32. The summed E-state index contributed by atoms with van der Waals surface area (Å²) in [5, 5.41) is 8.57. The number of alkyl halides is 3. The molecule has 1 rings (SSSR count). The molecule has 1 N–H and O–H groups in total. The molecule has 82 valence electrons. The molecule has 0 amide bonds. The lowest BCUT2D eigenvalue weighted by molar-refractivity contribution is -0.141. The molecule has 15 heavy (non-hydrogen) atoms. The van der Waals surface area contributed by atoms with Gasteiger partial charge in [0, 0.05) is 6.20 Å². The lowest BCUT2D eigenvalue weighted by atomic mass is 10.1. The molecule has 1 atom stereocenters. The minimum absolute atomic E-state index is 0.00417. The van der Waals surface area contributed by atoms with Crippen molar-refractivity contribution in [3.05, 3.63) is 23.8 Å². The van der Waals surface area contributed by atoms with Gasteiger partial charge in [0.2, 0.25) is 0 Å². The second kappa shape index (κ2) is 3.84. The van der Waals surface area contributed by atoms with Crippen molar-refractivity contribution in [2.75, 3.05) is 0 Å². The Hall–Kier alpha value is -1.66. The Bertz CT molecular complexity index is 361. The number of carbonyl (C=O) groups is 1. The Morgan fingerprint density at radius 1 is 1.40 bits per heavy atom. The smallest absolute Gasteiger partial charge is 0.434 e. The van der Waals surface area contributed by atoms with Crippen LogP contribution >= 0.6 is 0 Å². The summed E-state index contributed by atoms with van der Waals surface area (Å²) in [6.07, 6.45) is -3.21. The van der Waals surface area contributed by atoms with Gasteiger partial charge in [-0.25, -0.2) is 4.98 Å². The SMILES string of the molecule is CC(C(=O)O)c1cnc(C(F)(F)F)cn1. The molecule has 7 heteroatoms. The van der Waals surface area contributed by atoms with E-state index in [1.54, 1.807) is 0 Å². The monoisotopic (exact) mass is 220 g/mol. The van der Waals surface area contributed by atoms with Crippen molar-refractivity contribution in [2.24, 2.45) is 0 Å². The van der Waals surface area contributed by atoms with Crippen LogP contribution in [0.2, 0.25) is 0 Å². The Morgan fingerprint density at radius 2 is 2.00 bits per heavy atom. The van der Waals surface area contributed by atoms with Crippen LogP contribution in [0, 0.1) is 0 Å². The van der Waals surface area contributed by atoms with E-state index in [1.807, 2.05) is 0 Å². The summed E-state index contributed by atoms with van der Waals surface area (Å²) in [4.78, 5) is 17.0. The van der Waals surface area contributed by atoms with Gasteiger partial charge >= 0.3 is 12.1 Å². The van der Waals surface area contributed by atoms with Crippen LogP contribution < -0.4 is 0 Å². The van der Waals surface area contributed by atoms with Gasteiger partial charge in [0.05, 0.1) is 17.8 Å². The first-order chi connectivity index (χ1) is 6.82. The van der Waals surface area contributed by atoms with E-state index in [1.165, 1.54) is 6.92 Å². The molecule has 0 bridgehead atoms. The summed E-state index contributed by atoms with van der Waals surface area (Å²) in [6, 6.07) is 0. The number of hydrogen-bond acceptors (Lipinski definition) is 3. The van der Waals surface area contributed by atoms with Gasteiger partial charge < -0.3 is 5.11 Å². The lowest BCUT2D eigenvalue weighted by Crippen LogP contribution is -2.13. The number of halogens is 3. The predicted molar refractivity (Wildman–Crippen MR) is 43.1 cm³/mol. The van der Waals surface area contributed by atoms with E-state index < -0.39 is 23.8 Å². The Morgan fingerprint density at radius 3 is 2.33 bits per heavy atom. The van der Waals surface area contributed by atoms with Crippen LogP contribution in [0.25, 0.3) is 0 Å². The predicted octanol–water partition coefficient (Wildman–Crippen LogP) is 1.68. The second-order valence-corrected chi connectivity index (χ2v) is 2.88. The highest BCUT2D eigenvalue weighted by Gasteiger charge is 2.33. The van der Waals surface area contributed by atoms with E-state index >= 15 is 0 Å². The summed E-state index contributed by atoms with van der Waals surface area (Å²) in [5.41, 5.74) is -1.14. The van der Waals surface area contributed by atoms with Gasteiger partial charge in [0.25, 0.3) is 0 Å². The largest absolute Gasteiger partial charge is 0.481 e. The number of hydrogen-bond donors (Lipinski definition) is 1. The van der Waals surface area contributed by atoms with E-state index in [-0.39, 0.29) is 5.69 Å². The van der Waals surface area contributed by atoms with E-state index in [0.29, 0.717) is 6.20 Å². The molecular weight excluding hydrogens is 213 g/mol. The number of aromatic nitrogens is 2. The van der Waals surface area contributed by atoms with Crippen LogP contribution in [0.3, 0.4) is 0 Å². The zero-order valence-corrected chi connectivity index (χ0v) is 7.62. The molecule has 4 nitrogen and oxygen atoms in total. The van der Waals surface area contributed by atoms with Gasteiger partial charge in [-0.05, 0) is 6.92 Å². The van der Waals surface area contributed by atoms with Gasteiger partial charge in [-0.2, -0.15) is 13.2 Å². The van der Waals surface area contributed by atoms with Crippen LogP contribution in [0.5, 0.6) is 0 Å². The fourth-order valence-electron chi connectivity index (χ4n) is 0.835. The van der Waals surface area contributed by atoms with Crippen molar-refractivity contribution in [3.63, 3.8) is 0 Å². The second-order valence-electron chi connectivity index (χ2n) is 2.88. The summed E-state index contributed by atoms with van der Waals surface area (Å²) in [7, 11) is 0. The number of rotatable bonds is 2. The Kier molecular flexibility index (Phi) is 2.92. The number of carboxylic acid groups (broad SMARTS) is 1. The highest BCUT2D eigenvalue weighted by atomic mass is 19.4. The maximum absolute atomic E-state index is 12.1. The maximum Gasteiger partial charge on any atom is 0.434 e. The summed E-state index contributed by atoms with van der Waals surface area (Å²) in [5.74, 6) is -2.14. The Labute approximate surface area is 82.8 Å². The van der Waals surface area contributed by atoms with Crippen LogP contribution in [0.4, 0.5) is 13.2 Å². The fourth-order valence-corrected chi connectivity index (χ4v) is 0.835. The van der Waals surface area contributed by atoms with Crippen LogP contribution in [-0.2, 0) is 11.0 Å². The minimum atomic E-state index is -4.56. The van der Waals surface area contributed by atoms with Crippen molar-refractivity contribution in [3.8, 4) is 0 Å². The summed E-state index contributed by atoms with van der Waals surface area (Å²) >= 11 is 0. The molecule has 0 radical (unpaired) electrons. The van der Waals surface area contributed by atoms with Gasteiger partial charge in [-0.1, -0.05) is 0 Å².